The first kappa shape index (κ1) is 15.7. The van der Waals surface area contributed by atoms with Crippen molar-refractivity contribution in [2.24, 2.45) is 5.92 Å². The fourth-order valence-electron chi connectivity index (χ4n) is 3.51. The summed E-state index contributed by atoms with van der Waals surface area (Å²) >= 11 is 1.36. The quantitative estimate of drug-likeness (QED) is 0.910. The topological polar surface area (TPSA) is 32.3 Å². The van der Waals surface area contributed by atoms with E-state index < -0.39 is 0 Å². The van der Waals surface area contributed by atoms with Crippen molar-refractivity contribution in [3.8, 4) is 0 Å². The van der Waals surface area contributed by atoms with E-state index in [1.165, 1.54) is 30.2 Å². The molecule has 3 aliphatic heterocycles. The van der Waals surface area contributed by atoms with E-state index >= 15 is 0 Å². The summed E-state index contributed by atoms with van der Waals surface area (Å²) in [5, 5.41) is 3.70. The van der Waals surface area contributed by atoms with Gasteiger partial charge in [-0.25, -0.2) is 4.39 Å². The number of amides is 1. The molecule has 0 unspecified atom stereocenters. The maximum Gasteiger partial charge on any atom is 0.261 e. The van der Waals surface area contributed by atoms with E-state index in [1.807, 2.05) is 6.07 Å². The van der Waals surface area contributed by atoms with Crippen molar-refractivity contribution in [3.05, 3.63) is 35.0 Å². The summed E-state index contributed by atoms with van der Waals surface area (Å²) in [5.74, 6) is 0.282. The number of carbonyl (C=O) groups is 1. The highest BCUT2D eigenvalue weighted by Crippen LogP contribution is 2.30. The summed E-state index contributed by atoms with van der Waals surface area (Å²) in [7, 11) is 0. The molecule has 1 amide bonds. The normalized spacial score (nSPS) is 26.7. The number of rotatable bonds is 2. The summed E-state index contributed by atoms with van der Waals surface area (Å²) < 4.78 is 14.5. The Morgan fingerprint density at radius 3 is 2.73 bits per heavy atom. The van der Waals surface area contributed by atoms with Crippen molar-refractivity contribution in [2.75, 3.05) is 19.6 Å². The van der Waals surface area contributed by atoms with Gasteiger partial charge in [0.25, 0.3) is 5.91 Å². The molecule has 0 spiro atoms. The van der Waals surface area contributed by atoms with Crippen molar-refractivity contribution in [3.63, 3.8) is 0 Å². The lowest BCUT2D eigenvalue weighted by Crippen LogP contribution is -2.57. The van der Waals surface area contributed by atoms with E-state index in [-0.39, 0.29) is 30.2 Å². The molecule has 118 valence electrons. The second-order valence-electron chi connectivity index (χ2n) is 5.98. The summed E-state index contributed by atoms with van der Waals surface area (Å²) in [5.41, 5.74) is 0. The lowest BCUT2D eigenvalue weighted by molar-refractivity contribution is 0.0622. The van der Waals surface area contributed by atoms with E-state index in [9.17, 15) is 9.18 Å². The average Bonchev–Trinajstić information content (AvgIpc) is 2.94. The number of hydrogen-bond donors (Lipinski definition) is 1. The molecule has 1 aromatic carbocycles. The lowest BCUT2D eigenvalue weighted by Gasteiger charge is -2.44. The SMILES string of the molecule is Cl.O=C(N[C@@H]1CN2CCC1CC2)c1cc2c(F)cccc2s1. The van der Waals surface area contributed by atoms with Crippen LogP contribution in [0.5, 0.6) is 0 Å². The van der Waals surface area contributed by atoms with Gasteiger partial charge >= 0.3 is 0 Å². The zero-order chi connectivity index (χ0) is 14.4. The van der Waals surface area contributed by atoms with Crippen LogP contribution in [0.15, 0.2) is 24.3 Å². The molecule has 3 fully saturated rings. The number of nitrogens with zero attached hydrogens (tertiary/aromatic N) is 1. The van der Waals surface area contributed by atoms with Crippen LogP contribution in [-0.4, -0.2) is 36.5 Å². The fourth-order valence-corrected chi connectivity index (χ4v) is 4.48. The number of thiophene rings is 1. The van der Waals surface area contributed by atoms with Crippen molar-refractivity contribution < 1.29 is 9.18 Å². The van der Waals surface area contributed by atoms with E-state index in [0.717, 1.165) is 24.3 Å². The second kappa shape index (κ2) is 6.14. The van der Waals surface area contributed by atoms with Crippen LogP contribution < -0.4 is 5.32 Å². The summed E-state index contributed by atoms with van der Waals surface area (Å²) in [6.45, 7) is 3.27. The first-order valence-corrected chi connectivity index (χ1v) is 8.23. The van der Waals surface area contributed by atoms with Gasteiger partial charge in [0.05, 0.1) is 4.88 Å². The van der Waals surface area contributed by atoms with Gasteiger partial charge in [-0.2, -0.15) is 0 Å². The number of nitrogens with one attached hydrogen (secondary N) is 1. The van der Waals surface area contributed by atoms with Crippen LogP contribution in [0.4, 0.5) is 4.39 Å². The van der Waals surface area contributed by atoms with Crippen LogP contribution in [0.1, 0.15) is 22.5 Å². The zero-order valence-electron chi connectivity index (χ0n) is 12.0. The zero-order valence-corrected chi connectivity index (χ0v) is 13.7. The standard InChI is InChI=1S/C16H17FN2OS.ClH/c17-12-2-1-3-14-11(12)8-15(21-14)16(20)18-13-9-19-6-4-10(13)5-7-19;/h1-3,8,10,13H,4-7,9H2,(H,18,20);1H/t13-;/m1./s1. The van der Waals surface area contributed by atoms with E-state index in [2.05, 4.69) is 10.2 Å². The predicted octanol–water partition coefficient (Wildman–Crippen LogP) is 3.29. The molecule has 0 aliphatic carbocycles. The molecule has 3 aliphatic rings. The van der Waals surface area contributed by atoms with E-state index in [0.29, 0.717) is 16.2 Å². The first-order chi connectivity index (χ1) is 10.2. The summed E-state index contributed by atoms with van der Waals surface area (Å²) in [4.78, 5) is 15.4. The molecule has 2 aromatic rings. The third kappa shape index (κ3) is 2.73. The minimum atomic E-state index is -0.259. The van der Waals surface area contributed by atoms with Crippen LogP contribution in [0, 0.1) is 11.7 Å². The molecule has 3 saturated heterocycles. The molecule has 0 radical (unpaired) electrons. The Bertz CT molecular complexity index is 697. The smallest absolute Gasteiger partial charge is 0.261 e. The molecular weight excluding hydrogens is 323 g/mol. The minimum absolute atomic E-state index is 0. The highest BCUT2D eigenvalue weighted by atomic mass is 35.5. The van der Waals surface area contributed by atoms with Gasteiger partial charge < -0.3 is 10.2 Å². The lowest BCUT2D eigenvalue weighted by atomic mass is 9.84. The molecule has 2 bridgehead atoms. The summed E-state index contributed by atoms with van der Waals surface area (Å²) in [6.07, 6.45) is 2.35. The largest absolute Gasteiger partial charge is 0.347 e. The highest BCUT2D eigenvalue weighted by molar-refractivity contribution is 7.20. The number of piperidine rings is 3. The second-order valence-corrected chi connectivity index (χ2v) is 7.06. The Balaban J connectivity index is 0.00000144. The molecule has 22 heavy (non-hydrogen) atoms. The van der Waals surface area contributed by atoms with Crippen LogP contribution in [0.25, 0.3) is 10.1 Å². The third-order valence-electron chi connectivity index (χ3n) is 4.70. The Labute approximate surface area is 138 Å². The van der Waals surface area contributed by atoms with Crippen molar-refractivity contribution in [1.29, 1.82) is 0 Å². The van der Waals surface area contributed by atoms with Gasteiger partial charge in [-0.15, -0.1) is 23.7 Å². The van der Waals surface area contributed by atoms with Crippen LogP contribution >= 0.6 is 23.7 Å². The first-order valence-electron chi connectivity index (χ1n) is 7.42. The van der Waals surface area contributed by atoms with Gasteiger partial charge in [-0.1, -0.05) is 6.07 Å². The molecule has 0 saturated carbocycles. The van der Waals surface area contributed by atoms with Crippen molar-refractivity contribution in [2.45, 2.75) is 18.9 Å². The molecule has 5 rings (SSSR count). The Hall–Kier alpha value is -1.17. The molecule has 6 heteroatoms. The Morgan fingerprint density at radius 1 is 1.32 bits per heavy atom. The monoisotopic (exact) mass is 340 g/mol. The van der Waals surface area contributed by atoms with Crippen LogP contribution in [0.2, 0.25) is 0 Å². The number of carbonyl (C=O) groups excluding carboxylic acids is 1. The minimum Gasteiger partial charge on any atom is -0.347 e. The maximum atomic E-state index is 13.7. The number of halogens is 2. The summed E-state index contributed by atoms with van der Waals surface area (Å²) in [6, 6.07) is 6.89. The maximum absolute atomic E-state index is 13.7. The predicted molar refractivity (Wildman–Crippen MR) is 89.4 cm³/mol. The number of fused-ring (bicyclic) bond motifs is 4. The van der Waals surface area contributed by atoms with Gasteiger partial charge in [0, 0.05) is 22.7 Å². The molecule has 1 atom stereocenters. The number of benzene rings is 1. The van der Waals surface area contributed by atoms with Crippen molar-refractivity contribution >= 4 is 39.7 Å². The van der Waals surface area contributed by atoms with Gasteiger partial charge in [-0.05, 0) is 50.0 Å². The van der Waals surface area contributed by atoms with Gasteiger partial charge in [0.2, 0.25) is 0 Å². The van der Waals surface area contributed by atoms with Gasteiger partial charge in [0.15, 0.2) is 0 Å². The molecule has 3 nitrogen and oxygen atoms in total. The molecule has 4 heterocycles. The fraction of sp³-hybridized carbons (Fsp3) is 0.438. The third-order valence-corrected chi connectivity index (χ3v) is 5.80. The molecule has 1 aromatic heterocycles. The molecule has 1 N–H and O–H groups in total. The molecular formula is C16H18ClFN2OS. The average molecular weight is 341 g/mol. The Morgan fingerprint density at radius 2 is 2.09 bits per heavy atom. The van der Waals surface area contributed by atoms with Crippen LogP contribution in [0.3, 0.4) is 0 Å². The van der Waals surface area contributed by atoms with Crippen LogP contribution in [-0.2, 0) is 0 Å². The number of hydrogen-bond acceptors (Lipinski definition) is 3. The van der Waals surface area contributed by atoms with Gasteiger partial charge in [-0.3, -0.25) is 4.79 Å². The van der Waals surface area contributed by atoms with Crippen molar-refractivity contribution in [1.82, 2.24) is 10.2 Å². The Kier molecular flexibility index (Phi) is 4.39. The van der Waals surface area contributed by atoms with E-state index in [4.69, 9.17) is 0 Å². The highest BCUT2D eigenvalue weighted by Gasteiger charge is 2.35. The van der Waals surface area contributed by atoms with Gasteiger partial charge in [0.1, 0.15) is 5.82 Å². The van der Waals surface area contributed by atoms with E-state index in [1.54, 1.807) is 12.1 Å².